The maximum Gasteiger partial charge on any atom is 0.224 e. The Bertz CT molecular complexity index is 489. The molecule has 1 aromatic carbocycles. The molecule has 17 heavy (non-hydrogen) atoms. The van der Waals surface area contributed by atoms with E-state index in [0.717, 1.165) is 11.1 Å². The minimum absolute atomic E-state index is 0.0336. The Kier molecular flexibility index (Phi) is 3.54. The molecule has 2 atom stereocenters. The van der Waals surface area contributed by atoms with Gasteiger partial charge < -0.3 is 4.90 Å². The summed E-state index contributed by atoms with van der Waals surface area (Å²) in [6.07, 6.45) is 0.360. The normalized spacial score (nSPS) is 25.1. The first-order chi connectivity index (χ1) is 8.00. The number of nitrogens with zero attached hydrogens (tertiary/aromatic N) is 1. The van der Waals surface area contributed by atoms with Gasteiger partial charge in [0.05, 0.1) is 0 Å². The van der Waals surface area contributed by atoms with Crippen LogP contribution in [0.3, 0.4) is 0 Å². The van der Waals surface area contributed by atoms with Gasteiger partial charge in [-0.15, -0.1) is 0 Å². The molecule has 2 unspecified atom stereocenters. The number of rotatable bonds is 1. The Balaban J connectivity index is 2.39. The molecule has 0 saturated carbocycles. The summed E-state index contributed by atoms with van der Waals surface area (Å²) in [4.78, 5) is 13.2. The summed E-state index contributed by atoms with van der Waals surface area (Å²) in [5.41, 5.74) is 1.82. The third-order valence-electron chi connectivity index (χ3n) is 2.99. The van der Waals surface area contributed by atoms with Gasteiger partial charge in [0.15, 0.2) is 0 Å². The first-order valence-corrected chi connectivity index (χ1v) is 7.15. The number of halogens is 1. The molecule has 0 radical (unpaired) electrons. The number of carbonyl (C=O) groups excluding carboxylic acids is 1. The van der Waals surface area contributed by atoms with E-state index in [0.29, 0.717) is 17.2 Å². The standard InChI is InChI=1S/C12H14ClNO2S/c1-8-3-4-9(7-10(8)13)12-14(2)11(15)5-6-17(12)16/h3-4,7,12H,5-6H2,1-2H3. The van der Waals surface area contributed by atoms with Gasteiger partial charge in [-0.3, -0.25) is 9.00 Å². The molecule has 1 heterocycles. The molecule has 3 nitrogen and oxygen atoms in total. The third-order valence-corrected chi connectivity index (χ3v) is 5.09. The summed E-state index contributed by atoms with van der Waals surface area (Å²) in [7, 11) is 0.644. The minimum Gasteiger partial charge on any atom is -0.327 e. The number of hydrogen-bond donors (Lipinski definition) is 0. The lowest BCUT2D eigenvalue weighted by atomic mass is 10.1. The van der Waals surface area contributed by atoms with Gasteiger partial charge in [-0.25, -0.2) is 0 Å². The number of amides is 1. The molecule has 5 heteroatoms. The van der Waals surface area contributed by atoms with Crippen molar-refractivity contribution in [3.8, 4) is 0 Å². The lowest BCUT2D eigenvalue weighted by Crippen LogP contribution is -2.39. The summed E-state index contributed by atoms with van der Waals surface area (Å²) < 4.78 is 12.0. The van der Waals surface area contributed by atoms with Crippen molar-refractivity contribution >= 4 is 28.3 Å². The molecule has 1 aromatic rings. The molecule has 92 valence electrons. The van der Waals surface area contributed by atoms with Gasteiger partial charge in [0, 0.05) is 35.0 Å². The molecular weight excluding hydrogens is 258 g/mol. The van der Waals surface area contributed by atoms with Crippen molar-refractivity contribution in [1.29, 1.82) is 0 Å². The van der Waals surface area contributed by atoms with Crippen LogP contribution in [0, 0.1) is 6.92 Å². The first-order valence-electron chi connectivity index (χ1n) is 5.39. The molecule has 1 aliphatic heterocycles. The minimum atomic E-state index is -1.05. The number of carbonyl (C=O) groups is 1. The molecule has 1 saturated heterocycles. The highest BCUT2D eigenvalue weighted by Gasteiger charge is 2.32. The van der Waals surface area contributed by atoms with E-state index in [9.17, 15) is 9.00 Å². The van der Waals surface area contributed by atoms with Crippen LogP contribution >= 0.6 is 11.6 Å². The summed E-state index contributed by atoms with van der Waals surface area (Å²) in [5.74, 6) is 0.464. The smallest absolute Gasteiger partial charge is 0.224 e. The molecule has 0 bridgehead atoms. The Morgan fingerprint density at radius 2 is 2.18 bits per heavy atom. The highest BCUT2D eigenvalue weighted by atomic mass is 35.5. The lowest BCUT2D eigenvalue weighted by Gasteiger charge is -2.32. The summed E-state index contributed by atoms with van der Waals surface area (Å²) >= 11 is 6.06. The van der Waals surface area contributed by atoms with Crippen LogP contribution in [0.1, 0.15) is 22.9 Å². The van der Waals surface area contributed by atoms with Gasteiger partial charge in [0.1, 0.15) is 5.37 Å². The van der Waals surface area contributed by atoms with E-state index in [1.807, 2.05) is 19.1 Å². The predicted molar refractivity (Wildman–Crippen MR) is 69.3 cm³/mol. The van der Waals surface area contributed by atoms with E-state index in [2.05, 4.69) is 0 Å². The van der Waals surface area contributed by atoms with E-state index in [1.54, 1.807) is 18.0 Å². The van der Waals surface area contributed by atoms with Crippen molar-refractivity contribution in [3.05, 3.63) is 34.3 Å². The van der Waals surface area contributed by atoms with E-state index in [1.165, 1.54) is 0 Å². The second kappa shape index (κ2) is 4.78. The quantitative estimate of drug-likeness (QED) is 0.786. The van der Waals surface area contributed by atoms with Crippen molar-refractivity contribution < 1.29 is 9.00 Å². The Hall–Kier alpha value is -0.870. The SMILES string of the molecule is Cc1ccc(C2N(C)C(=O)CCS2=O)cc1Cl. The maximum absolute atomic E-state index is 12.0. The number of hydrogen-bond acceptors (Lipinski definition) is 2. The van der Waals surface area contributed by atoms with Gasteiger partial charge in [0.25, 0.3) is 0 Å². The number of aryl methyl sites for hydroxylation is 1. The van der Waals surface area contributed by atoms with Gasteiger partial charge in [-0.2, -0.15) is 0 Å². The largest absolute Gasteiger partial charge is 0.327 e. The van der Waals surface area contributed by atoms with Crippen LogP contribution in [0.15, 0.2) is 18.2 Å². The van der Waals surface area contributed by atoms with Gasteiger partial charge in [-0.05, 0) is 24.1 Å². The van der Waals surface area contributed by atoms with E-state index < -0.39 is 10.8 Å². The second-order valence-electron chi connectivity index (χ2n) is 4.20. The topological polar surface area (TPSA) is 37.4 Å². The molecule has 1 amide bonds. The van der Waals surface area contributed by atoms with E-state index in [4.69, 9.17) is 11.6 Å². The van der Waals surface area contributed by atoms with Crippen molar-refractivity contribution in [2.75, 3.05) is 12.8 Å². The van der Waals surface area contributed by atoms with Crippen molar-refractivity contribution in [2.45, 2.75) is 18.7 Å². The molecule has 0 spiro atoms. The van der Waals surface area contributed by atoms with Crippen LogP contribution in [-0.2, 0) is 15.6 Å². The zero-order chi connectivity index (χ0) is 12.6. The summed E-state index contributed by atoms with van der Waals surface area (Å²) in [6, 6.07) is 5.58. The molecule has 2 rings (SSSR count). The molecular formula is C12H14ClNO2S. The number of benzene rings is 1. The predicted octanol–water partition coefficient (Wildman–Crippen LogP) is 2.26. The van der Waals surface area contributed by atoms with Crippen molar-refractivity contribution in [1.82, 2.24) is 4.90 Å². The van der Waals surface area contributed by atoms with Crippen molar-refractivity contribution in [2.24, 2.45) is 0 Å². The van der Waals surface area contributed by atoms with Gasteiger partial charge in [-0.1, -0.05) is 23.7 Å². The maximum atomic E-state index is 12.0. The molecule has 0 aliphatic carbocycles. The summed E-state index contributed by atoms with van der Waals surface area (Å²) in [6.45, 7) is 1.92. The average Bonchev–Trinajstić information content (AvgIpc) is 2.29. The zero-order valence-electron chi connectivity index (χ0n) is 9.77. The van der Waals surface area contributed by atoms with Gasteiger partial charge in [0.2, 0.25) is 5.91 Å². The highest BCUT2D eigenvalue weighted by Crippen LogP contribution is 2.30. The second-order valence-corrected chi connectivity index (χ2v) is 6.22. The van der Waals surface area contributed by atoms with Gasteiger partial charge >= 0.3 is 0 Å². The molecule has 1 fully saturated rings. The summed E-state index contributed by atoms with van der Waals surface area (Å²) in [5, 5.41) is 0.278. The monoisotopic (exact) mass is 271 g/mol. The average molecular weight is 272 g/mol. The Morgan fingerprint density at radius 3 is 2.82 bits per heavy atom. The molecule has 1 aliphatic rings. The fraction of sp³-hybridized carbons (Fsp3) is 0.417. The zero-order valence-corrected chi connectivity index (χ0v) is 11.3. The van der Waals surface area contributed by atoms with Crippen LogP contribution in [0.4, 0.5) is 0 Å². The van der Waals surface area contributed by atoms with Crippen molar-refractivity contribution in [3.63, 3.8) is 0 Å². The Labute approximate surface area is 108 Å². The van der Waals surface area contributed by atoms with Crippen LogP contribution < -0.4 is 0 Å². The molecule has 0 aromatic heterocycles. The Morgan fingerprint density at radius 1 is 1.47 bits per heavy atom. The third kappa shape index (κ3) is 2.38. The first kappa shape index (κ1) is 12.6. The highest BCUT2D eigenvalue weighted by molar-refractivity contribution is 7.85. The molecule has 0 N–H and O–H groups in total. The van der Waals surface area contributed by atoms with Crippen LogP contribution in [-0.4, -0.2) is 27.8 Å². The fourth-order valence-corrected chi connectivity index (χ4v) is 3.63. The van der Waals surface area contributed by atoms with E-state index >= 15 is 0 Å². The fourth-order valence-electron chi connectivity index (χ4n) is 1.92. The van der Waals surface area contributed by atoms with Crippen LogP contribution in [0.5, 0.6) is 0 Å². The van der Waals surface area contributed by atoms with E-state index in [-0.39, 0.29) is 11.3 Å². The van der Waals surface area contributed by atoms with Crippen LogP contribution in [0.25, 0.3) is 0 Å². The van der Waals surface area contributed by atoms with Crippen LogP contribution in [0.2, 0.25) is 5.02 Å². The lowest BCUT2D eigenvalue weighted by molar-refractivity contribution is -0.130.